The standard InChI is InChI=1S/C27H39N/c1-10-13-14-24-15-20(6)16-25(17-26(24)23(12-3)18-28-9)27(19(4)5)22(8)21(7)11-2/h12-18,20-21H,4,10-11H2,1-3,5-9H3/b14-13-,23-12+,27-22+,28-18?. The van der Waals surface area contributed by atoms with Gasteiger partial charge in [-0.1, -0.05) is 75.8 Å². The summed E-state index contributed by atoms with van der Waals surface area (Å²) in [6.07, 6.45) is 17.8. The zero-order valence-electron chi connectivity index (χ0n) is 19.3. The van der Waals surface area contributed by atoms with Crippen molar-refractivity contribution in [3.63, 3.8) is 0 Å². The summed E-state index contributed by atoms with van der Waals surface area (Å²) in [7, 11) is 1.83. The van der Waals surface area contributed by atoms with Crippen LogP contribution in [0, 0.1) is 11.8 Å². The average Bonchev–Trinajstić information content (AvgIpc) is 2.81. The minimum absolute atomic E-state index is 0.344. The molecule has 1 aliphatic rings. The van der Waals surface area contributed by atoms with Crippen LogP contribution in [-0.4, -0.2) is 13.3 Å². The van der Waals surface area contributed by atoms with Crippen molar-refractivity contribution in [3.8, 4) is 0 Å². The molecule has 0 bridgehead atoms. The second-order valence-electron chi connectivity index (χ2n) is 7.75. The van der Waals surface area contributed by atoms with Crippen molar-refractivity contribution in [1.82, 2.24) is 0 Å². The number of allylic oxidation sites excluding steroid dienone is 13. The molecule has 1 nitrogen and oxygen atoms in total. The van der Waals surface area contributed by atoms with Crippen molar-refractivity contribution in [2.75, 3.05) is 7.05 Å². The molecule has 28 heavy (non-hydrogen) atoms. The Labute approximate surface area is 173 Å². The molecule has 0 amide bonds. The van der Waals surface area contributed by atoms with Crippen LogP contribution in [0.4, 0.5) is 0 Å². The van der Waals surface area contributed by atoms with Crippen LogP contribution in [-0.2, 0) is 0 Å². The van der Waals surface area contributed by atoms with E-state index in [2.05, 4.69) is 96.5 Å². The Hall–Kier alpha value is -2.15. The highest BCUT2D eigenvalue weighted by atomic mass is 14.6. The van der Waals surface area contributed by atoms with E-state index >= 15 is 0 Å². The Kier molecular flexibility index (Phi) is 9.93. The van der Waals surface area contributed by atoms with Crippen molar-refractivity contribution in [1.29, 1.82) is 0 Å². The van der Waals surface area contributed by atoms with E-state index in [9.17, 15) is 0 Å². The number of hydrogen-bond donors (Lipinski definition) is 0. The van der Waals surface area contributed by atoms with E-state index in [0.717, 1.165) is 24.0 Å². The molecule has 0 fully saturated rings. The summed E-state index contributed by atoms with van der Waals surface area (Å²) in [6.45, 7) is 19.8. The first-order valence-corrected chi connectivity index (χ1v) is 10.6. The van der Waals surface area contributed by atoms with Gasteiger partial charge in [0.2, 0.25) is 0 Å². The zero-order valence-corrected chi connectivity index (χ0v) is 19.3. The van der Waals surface area contributed by atoms with Crippen LogP contribution in [0.15, 0.2) is 87.0 Å². The molecule has 0 heterocycles. The normalized spacial score (nSPS) is 20.5. The van der Waals surface area contributed by atoms with E-state index in [1.807, 2.05) is 13.3 Å². The molecule has 0 N–H and O–H groups in total. The second kappa shape index (κ2) is 11.6. The fraction of sp³-hybridized carbons (Fsp3) is 0.444. The van der Waals surface area contributed by atoms with Gasteiger partial charge in [-0.3, -0.25) is 4.99 Å². The molecule has 0 aromatic heterocycles. The van der Waals surface area contributed by atoms with Gasteiger partial charge in [-0.05, 0) is 79.4 Å². The molecule has 0 saturated heterocycles. The molecule has 152 valence electrons. The van der Waals surface area contributed by atoms with E-state index in [1.54, 1.807) is 0 Å². The van der Waals surface area contributed by atoms with Crippen LogP contribution >= 0.6 is 0 Å². The Morgan fingerprint density at radius 2 is 1.93 bits per heavy atom. The highest BCUT2D eigenvalue weighted by Gasteiger charge is 2.18. The largest absolute Gasteiger partial charge is 0.296 e. The maximum absolute atomic E-state index is 4.32. The van der Waals surface area contributed by atoms with Crippen molar-refractivity contribution >= 4 is 6.21 Å². The summed E-state index contributed by atoms with van der Waals surface area (Å²) < 4.78 is 0. The van der Waals surface area contributed by atoms with Gasteiger partial charge in [0.25, 0.3) is 0 Å². The van der Waals surface area contributed by atoms with Gasteiger partial charge in [0, 0.05) is 13.3 Å². The Morgan fingerprint density at radius 1 is 1.25 bits per heavy atom. The third kappa shape index (κ3) is 6.19. The van der Waals surface area contributed by atoms with E-state index in [-0.39, 0.29) is 0 Å². The smallest absolute Gasteiger partial charge is 0.0284 e. The van der Waals surface area contributed by atoms with Crippen molar-refractivity contribution in [3.05, 3.63) is 82.0 Å². The molecular weight excluding hydrogens is 338 g/mol. The first-order chi connectivity index (χ1) is 13.3. The molecule has 2 atom stereocenters. The van der Waals surface area contributed by atoms with Gasteiger partial charge < -0.3 is 0 Å². The molecule has 0 aromatic rings. The van der Waals surface area contributed by atoms with Crippen LogP contribution < -0.4 is 0 Å². The van der Waals surface area contributed by atoms with Crippen LogP contribution in [0.3, 0.4) is 0 Å². The fourth-order valence-electron chi connectivity index (χ4n) is 3.59. The molecule has 1 heteroatoms. The number of nitrogens with zero attached hydrogens (tertiary/aromatic N) is 1. The summed E-state index contributed by atoms with van der Waals surface area (Å²) in [5.41, 5.74) is 8.76. The van der Waals surface area contributed by atoms with Crippen molar-refractivity contribution in [2.24, 2.45) is 16.8 Å². The van der Waals surface area contributed by atoms with Gasteiger partial charge >= 0.3 is 0 Å². The quantitative estimate of drug-likeness (QED) is 0.300. The van der Waals surface area contributed by atoms with E-state index in [4.69, 9.17) is 0 Å². The highest BCUT2D eigenvalue weighted by Crippen LogP contribution is 2.35. The Morgan fingerprint density at radius 3 is 2.43 bits per heavy atom. The first kappa shape index (κ1) is 23.9. The van der Waals surface area contributed by atoms with E-state index in [1.165, 1.54) is 27.9 Å². The minimum Gasteiger partial charge on any atom is -0.296 e. The molecule has 0 radical (unpaired) electrons. The first-order valence-electron chi connectivity index (χ1n) is 10.6. The molecule has 1 rings (SSSR count). The van der Waals surface area contributed by atoms with Crippen LogP contribution in [0.1, 0.15) is 61.3 Å². The van der Waals surface area contributed by atoms with Gasteiger partial charge in [-0.15, -0.1) is 0 Å². The van der Waals surface area contributed by atoms with Gasteiger partial charge in [-0.2, -0.15) is 0 Å². The summed E-state index contributed by atoms with van der Waals surface area (Å²) >= 11 is 0. The molecule has 0 saturated carbocycles. The third-order valence-corrected chi connectivity index (χ3v) is 5.38. The SMILES string of the molecule is C=C(C)/C(C1=CC(C)C=C(/C=C\CC)C(/C(C=NC)=C/C)=C1)=C(/C)C(C)CC. The number of hydrogen-bond acceptors (Lipinski definition) is 1. The second-order valence-corrected chi connectivity index (χ2v) is 7.75. The molecule has 2 unspecified atom stereocenters. The minimum atomic E-state index is 0.344. The number of rotatable bonds is 8. The lowest BCUT2D eigenvalue weighted by molar-refractivity contribution is 0.650. The monoisotopic (exact) mass is 377 g/mol. The maximum atomic E-state index is 4.32. The van der Waals surface area contributed by atoms with E-state index < -0.39 is 0 Å². The topological polar surface area (TPSA) is 12.4 Å². The lowest BCUT2D eigenvalue weighted by Crippen LogP contribution is -2.03. The zero-order chi connectivity index (χ0) is 21.3. The number of aliphatic imine (C=N–C) groups is 1. The third-order valence-electron chi connectivity index (χ3n) is 5.38. The Bertz CT molecular complexity index is 775. The molecule has 0 aliphatic heterocycles. The fourth-order valence-corrected chi connectivity index (χ4v) is 3.59. The lowest BCUT2D eigenvalue weighted by Gasteiger charge is -2.19. The lowest BCUT2D eigenvalue weighted by atomic mass is 9.85. The molecule has 1 aliphatic carbocycles. The van der Waals surface area contributed by atoms with Gasteiger partial charge in [0.15, 0.2) is 0 Å². The maximum Gasteiger partial charge on any atom is 0.0284 e. The van der Waals surface area contributed by atoms with Gasteiger partial charge in [0.05, 0.1) is 0 Å². The van der Waals surface area contributed by atoms with Crippen LogP contribution in [0.5, 0.6) is 0 Å². The van der Waals surface area contributed by atoms with Crippen molar-refractivity contribution in [2.45, 2.75) is 61.3 Å². The predicted molar refractivity (Wildman–Crippen MR) is 128 cm³/mol. The summed E-state index contributed by atoms with van der Waals surface area (Å²) in [4.78, 5) is 4.29. The predicted octanol–water partition coefficient (Wildman–Crippen LogP) is 7.97. The highest BCUT2D eigenvalue weighted by molar-refractivity contribution is 5.88. The summed E-state index contributed by atoms with van der Waals surface area (Å²) in [5.74, 6) is 0.879. The summed E-state index contributed by atoms with van der Waals surface area (Å²) in [5, 5.41) is 0. The van der Waals surface area contributed by atoms with E-state index in [0.29, 0.717) is 11.8 Å². The molecule has 0 spiro atoms. The van der Waals surface area contributed by atoms with Crippen LogP contribution in [0.2, 0.25) is 0 Å². The Balaban J connectivity index is 3.76. The van der Waals surface area contributed by atoms with Gasteiger partial charge in [-0.25, -0.2) is 0 Å². The van der Waals surface area contributed by atoms with Gasteiger partial charge in [0.1, 0.15) is 0 Å². The molecular formula is C27H39N. The van der Waals surface area contributed by atoms with Crippen molar-refractivity contribution < 1.29 is 0 Å². The summed E-state index contributed by atoms with van der Waals surface area (Å²) in [6, 6.07) is 0. The average molecular weight is 378 g/mol. The molecule has 0 aromatic carbocycles. The van der Waals surface area contributed by atoms with Crippen LogP contribution in [0.25, 0.3) is 0 Å².